The molecule has 0 saturated carbocycles. The van der Waals surface area contributed by atoms with Gasteiger partial charge in [0.05, 0.1) is 12.0 Å². The standard InChI is InChI=1S/C13H12F2N2O3/c1-3-17-11(13(19)20-4-2)12(18)7-5-8(14)9(15)6-10(7)16-17/h5-6H,3-4H2,1-2H3/p+1. The Morgan fingerprint density at radius 1 is 1.30 bits per heavy atom. The molecular weight excluding hydrogens is 270 g/mol. The van der Waals surface area contributed by atoms with E-state index in [0.717, 1.165) is 12.1 Å². The molecule has 0 fully saturated rings. The smallest absolute Gasteiger partial charge is 0.410 e. The summed E-state index contributed by atoms with van der Waals surface area (Å²) in [4.78, 5) is 24.1. The second-order valence-corrected chi connectivity index (χ2v) is 4.07. The number of aromatic nitrogens is 2. The van der Waals surface area contributed by atoms with Crippen molar-refractivity contribution in [3.05, 3.63) is 39.7 Å². The second-order valence-electron chi connectivity index (χ2n) is 4.07. The third kappa shape index (κ3) is 2.26. The van der Waals surface area contributed by atoms with E-state index in [2.05, 4.69) is 5.10 Å². The van der Waals surface area contributed by atoms with E-state index < -0.39 is 23.0 Å². The molecule has 0 amide bonds. The summed E-state index contributed by atoms with van der Waals surface area (Å²) in [5, 5.41) is 2.60. The highest BCUT2D eigenvalue weighted by Gasteiger charge is 2.28. The number of esters is 1. The van der Waals surface area contributed by atoms with Crippen molar-refractivity contribution in [3.8, 4) is 0 Å². The van der Waals surface area contributed by atoms with Crippen molar-refractivity contribution in [1.82, 2.24) is 5.10 Å². The minimum atomic E-state index is -1.15. The Morgan fingerprint density at radius 2 is 1.95 bits per heavy atom. The van der Waals surface area contributed by atoms with Crippen LogP contribution in [-0.2, 0) is 11.3 Å². The average Bonchev–Trinajstić information content (AvgIpc) is 2.41. The largest absolute Gasteiger partial charge is 0.458 e. The first kappa shape index (κ1) is 14.1. The van der Waals surface area contributed by atoms with Gasteiger partial charge in [0.2, 0.25) is 0 Å². The Bertz CT molecular complexity index is 740. The molecule has 0 aliphatic rings. The van der Waals surface area contributed by atoms with Crippen molar-refractivity contribution >= 4 is 16.9 Å². The fourth-order valence-corrected chi connectivity index (χ4v) is 1.92. The van der Waals surface area contributed by atoms with Crippen LogP contribution < -0.4 is 10.1 Å². The molecule has 20 heavy (non-hydrogen) atoms. The lowest BCUT2D eigenvalue weighted by Gasteiger charge is -2.04. The van der Waals surface area contributed by atoms with Gasteiger partial charge in [-0.05, 0) is 19.9 Å². The van der Waals surface area contributed by atoms with Gasteiger partial charge in [-0.1, -0.05) is 4.68 Å². The van der Waals surface area contributed by atoms with E-state index in [0.29, 0.717) is 0 Å². The summed E-state index contributed by atoms with van der Waals surface area (Å²) in [6.07, 6.45) is 0. The van der Waals surface area contributed by atoms with Crippen LogP contribution in [0, 0.1) is 11.6 Å². The number of fused-ring (bicyclic) bond motifs is 1. The molecule has 106 valence electrons. The predicted molar refractivity (Wildman–Crippen MR) is 66.3 cm³/mol. The number of aryl methyl sites for hydroxylation is 1. The molecule has 1 heterocycles. The van der Waals surface area contributed by atoms with Gasteiger partial charge in [0.25, 0.3) is 5.43 Å². The first-order chi connectivity index (χ1) is 9.49. The number of H-pyrrole nitrogens is 1. The molecule has 0 saturated heterocycles. The summed E-state index contributed by atoms with van der Waals surface area (Å²) >= 11 is 0. The van der Waals surface area contributed by atoms with Crippen LogP contribution in [0.3, 0.4) is 0 Å². The van der Waals surface area contributed by atoms with Gasteiger partial charge >= 0.3 is 11.7 Å². The number of halogens is 2. The molecule has 0 bridgehead atoms. The zero-order valence-corrected chi connectivity index (χ0v) is 11.0. The molecular formula is C13H13F2N2O3+. The zero-order chi connectivity index (χ0) is 14.9. The van der Waals surface area contributed by atoms with Crippen molar-refractivity contribution in [2.24, 2.45) is 0 Å². The van der Waals surface area contributed by atoms with Gasteiger partial charge in [-0.2, -0.15) is 5.10 Å². The molecule has 1 aromatic carbocycles. The minimum absolute atomic E-state index is 0.100. The number of hydrogen-bond donors (Lipinski definition) is 1. The summed E-state index contributed by atoms with van der Waals surface area (Å²) in [6, 6.07) is 1.65. The van der Waals surface area contributed by atoms with Gasteiger partial charge in [-0.15, -0.1) is 0 Å². The van der Waals surface area contributed by atoms with Gasteiger partial charge in [0.1, 0.15) is 5.52 Å². The minimum Gasteiger partial charge on any atom is -0.458 e. The van der Waals surface area contributed by atoms with Crippen LogP contribution in [0.2, 0.25) is 0 Å². The number of rotatable bonds is 3. The van der Waals surface area contributed by atoms with Gasteiger partial charge in [0, 0.05) is 6.07 Å². The quantitative estimate of drug-likeness (QED) is 0.682. The van der Waals surface area contributed by atoms with Gasteiger partial charge in [-0.25, -0.2) is 13.6 Å². The molecule has 0 unspecified atom stereocenters. The van der Waals surface area contributed by atoms with E-state index in [1.807, 2.05) is 0 Å². The first-order valence-corrected chi connectivity index (χ1v) is 6.11. The maximum absolute atomic E-state index is 13.2. The summed E-state index contributed by atoms with van der Waals surface area (Å²) in [5.41, 5.74) is -0.824. The number of ether oxygens (including phenoxy) is 1. The average molecular weight is 283 g/mol. The maximum atomic E-state index is 13.2. The SMILES string of the molecule is CCOC(=O)c1c(=O)c2cc(F)c(F)cc2[nH][n+]1CC. The number of benzene rings is 1. The van der Waals surface area contributed by atoms with Crippen LogP contribution in [0.5, 0.6) is 0 Å². The summed E-state index contributed by atoms with van der Waals surface area (Å²) in [5.74, 6) is -3.02. The van der Waals surface area contributed by atoms with Crippen molar-refractivity contribution < 1.29 is 23.0 Å². The van der Waals surface area contributed by atoms with Crippen molar-refractivity contribution in [2.75, 3.05) is 6.61 Å². The van der Waals surface area contributed by atoms with Crippen LogP contribution in [0.4, 0.5) is 8.78 Å². The predicted octanol–water partition coefficient (Wildman–Crippen LogP) is 1.29. The third-order valence-corrected chi connectivity index (χ3v) is 2.83. The molecule has 1 aromatic heterocycles. The zero-order valence-electron chi connectivity index (χ0n) is 11.0. The molecule has 0 spiro atoms. The first-order valence-electron chi connectivity index (χ1n) is 6.11. The fraction of sp³-hybridized carbons (Fsp3) is 0.308. The van der Waals surface area contributed by atoms with Crippen molar-refractivity contribution in [3.63, 3.8) is 0 Å². The van der Waals surface area contributed by atoms with Gasteiger partial charge in [-0.3, -0.25) is 4.79 Å². The molecule has 5 nitrogen and oxygen atoms in total. The summed E-state index contributed by atoms with van der Waals surface area (Å²) in [6.45, 7) is 3.69. The molecule has 0 aliphatic carbocycles. The molecule has 0 radical (unpaired) electrons. The van der Waals surface area contributed by atoms with Gasteiger partial charge in [0.15, 0.2) is 18.2 Å². The number of nitrogens with one attached hydrogen (secondary N) is 1. The molecule has 2 aromatic rings. The number of hydrogen-bond acceptors (Lipinski definition) is 3. The van der Waals surface area contributed by atoms with E-state index in [9.17, 15) is 18.4 Å². The lowest BCUT2D eigenvalue weighted by molar-refractivity contribution is -0.751. The molecule has 2 rings (SSSR count). The maximum Gasteiger partial charge on any atom is 0.410 e. The van der Waals surface area contributed by atoms with Crippen LogP contribution in [-0.4, -0.2) is 17.7 Å². The van der Waals surface area contributed by atoms with Crippen LogP contribution in [0.1, 0.15) is 24.3 Å². The lowest BCUT2D eigenvalue weighted by Crippen LogP contribution is -2.48. The van der Waals surface area contributed by atoms with Gasteiger partial charge < -0.3 is 4.74 Å². The van der Waals surface area contributed by atoms with Crippen LogP contribution >= 0.6 is 0 Å². The van der Waals surface area contributed by atoms with Crippen molar-refractivity contribution in [1.29, 1.82) is 0 Å². The van der Waals surface area contributed by atoms with E-state index in [1.54, 1.807) is 13.8 Å². The fourth-order valence-electron chi connectivity index (χ4n) is 1.92. The topological polar surface area (TPSA) is 63.0 Å². The molecule has 1 N–H and O–H groups in total. The van der Waals surface area contributed by atoms with Crippen LogP contribution in [0.25, 0.3) is 10.9 Å². The van der Waals surface area contributed by atoms with E-state index >= 15 is 0 Å². The van der Waals surface area contributed by atoms with Crippen LogP contribution in [0.15, 0.2) is 16.9 Å². The highest BCUT2D eigenvalue weighted by atomic mass is 19.2. The highest BCUT2D eigenvalue weighted by molar-refractivity contribution is 5.89. The summed E-state index contributed by atoms with van der Waals surface area (Å²) < 4.78 is 32.5. The Kier molecular flexibility index (Phi) is 3.78. The molecule has 0 aliphatic heterocycles. The monoisotopic (exact) mass is 283 g/mol. The normalized spacial score (nSPS) is 10.8. The number of carbonyl (C=O) groups is 1. The van der Waals surface area contributed by atoms with E-state index in [-0.39, 0.29) is 29.7 Å². The Hall–Kier alpha value is -2.31. The Morgan fingerprint density at radius 3 is 2.55 bits per heavy atom. The number of carbonyl (C=O) groups excluding carboxylic acids is 1. The van der Waals surface area contributed by atoms with Crippen molar-refractivity contribution in [2.45, 2.75) is 20.4 Å². The Labute approximate surface area is 112 Å². The lowest BCUT2D eigenvalue weighted by atomic mass is 10.2. The van der Waals surface area contributed by atoms with E-state index in [1.165, 1.54) is 4.68 Å². The third-order valence-electron chi connectivity index (χ3n) is 2.83. The second kappa shape index (κ2) is 5.36. The number of nitrogens with zero attached hydrogens (tertiary/aromatic N) is 1. The molecule has 0 atom stereocenters. The summed E-state index contributed by atoms with van der Waals surface area (Å²) in [7, 11) is 0. The highest BCUT2D eigenvalue weighted by Crippen LogP contribution is 2.13. The molecule has 7 heteroatoms. The van der Waals surface area contributed by atoms with E-state index in [4.69, 9.17) is 4.74 Å². The number of aromatic amines is 1. The Balaban J connectivity index is 2.81.